The highest BCUT2D eigenvalue weighted by molar-refractivity contribution is 7.99. The van der Waals surface area contributed by atoms with Crippen molar-refractivity contribution >= 4 is 28.6 Å². The van der Waals surface area contributed by atoms with Gasteiger partial charge < -0.3 is 9.72 Å². The first-order valence-corrected chi connectivity index (χ1v) is 7.23. The van der Waals surface area contributed by atoms with Crippen LogP contribution in [0.25, 0.3) is 10.9 Å². The molecule has 0 amide bonds. The van der Waals surface area contributed by atoms with Crippen molar-refractivity contribution in [2.45, 2.75) is 20.3 Å². The Morgan fingerprint density at radius 2 is 2.28 bits per heavy atom. The normalized spacial score (nSPS) is 10.8. The summed E-state index contributed by atoms with van der Waals surface area (Å²) in [5.41, 5.74) is 2.23. The van der Waals surface area contributed by atoms with Crippen LogP contribution in [0.2, 0.25) is 0 Å². The largest absolute Gasteiger partial charge is 0.426 e. The molecule has 0 saturated carbocycles. The Hall–Kier alpha value is -1.42. The summed E-state index contributed by atoms with van der Waals surface area (Å²) in [7, 11) is 0. The summed E-state index contributed by atoms with van der Waals surface area (Å²) >= 11 is 1.91. The zero-order chi connectivity index (χ0) is 13.0. The SMILES string of the molecule is CCSCCc1c[nH]c2cccc(OC(C)=O)c12. The predicted octanol–water partition coefficient (Wildman–Crippen LogP) is 3.39. The van der Waals surface area contributed by atoms with Crippen LogP contribution in [0.5, 0.6) is 5.75 Å². The van der Waals surface area contributed by atoms with Gasteiger partial charge in [-0.25, -0.2) is 0 Å². The number of carbonyl (C=O) groups excluding carboxylic acids is 1. The minimum absolute atomic E-state index is 0.280. The van der Waals surface area contributed by atoms with Gasteiger partial charge in [-0.1, -0.05) is 13.0 Å². The van der Waals surface area contributed by atoms with E-state index in [0.29, 0.717) is 5.75 Å². The molecular formula is C14H17NO2S. The van der Waals surface area contributed by atoms with Gasteiger partial charge in [-0.15, -0.1) is 0 Å². The van der Waals surface area contributed by atoms with Crippen molar-refractivity contribution in [3.05, 3.63) is 30.0 Å². The van der Waals surface area contributed by atoms with E-state index in [9.17, 15) is 4.79 Å². The molecule has 0 unspecified atom stereocenters. The lowest BCUT2D eigenvalue weighted by molar-refractivity contribution is -0.131. The number of hydrogen-bond acceptors (Lipinski definition) is 3. The standard InChI is InChI=1S/C14H17NO2S/c1-3-18-8-7-11-9-15-12-5-4-6-13(14(11)12)17-10(2)16/h4-6,9,15H,3,7-8H2,1-2H3. The van der Waals surface area contributed by atoms with Crippen molar-refractivity contribution in [1.82, 2.24) is 4.98 Å². The molecule has 1 aromatic carbocycles. The highest BCUT2D eigenvalue weighted by Crippen LogP contribution is 2.29. The third-order valence-electron chi connectivity index (χ3n) is 2.72. The number of hydrogen-bond donors (Lipinski definition) is 1. The molecule has 0 aliphatic carbocycles. The monoisotopic (exact) mass is 263 g/mol. The van der Waals surface area contributed by atoms with Crippen molar-refractivity contribution in [2.75, 3.05) is 11.5 Å². The molecule has 0 spiro atoms. The molecule has 96 valence electrons. The summed E-state index contributed by atoms with van der Waals surface area (Å²) in [6.45, 7) is 3.59. The van der Waals surface area contributed by atoms with Crippen LogP contribution in [-0.4, -0.2) is 22.5 Å². The molecule has 0 saturated heterocycles. The Morgan fingerprint density at radius 3 is 3.00 bits per heavy atom. The summed E-state index contributed by atoms with van der Waals surface area (Å²) in [5, 5.41) is 1.03. The number of thioether (sulfide) groups is 1. The number of aryl methyl sites for hydroxylation is 1. The van der Waals surface area contributed by atoms with Crippen molar-refractivity contribution in [3.8, 4) is 5.75 Å². The van der Waals surface area contributed by atoms with Gasteiger partial charge in [0.15, 0.2) is 0 Å². The minimum atomic E-state index is -0.280. The van der Waals surface area contributed by atoms with Gasteiger partial charge in [-0.2, -0.15) is 11.8 Å². The minimum Gasteiger partial charge on any atom is -0.426 e. The quantitative estimate of drug-likeness (QED) is 0.511. The molecule has 0 atom stereocenters. The van der Waals surface area contributed by atoms with Crippen molar-refractivity contribution in [2.24, 2.45) is 0 Å². The molecule has 0 bridgehead atoms. The zero-order valence-electron chi connectivity index (χ0n) is 10.7. The average Bonchev–Trinajstić information content (AvgIpc) is 2.73. The molecular weight excluding hydrogens is 246 g/mol. The fourth-order valence-corrected chi connectivity index (χ4v) is 2.64. The number of carbonyl (C=O) groups is 1. The van der Waals surface area contributed by atoms with Crippen LogP contribution in [0.15, 0.2) is 24.4 Å². The topological polar surface area (TPSA) is 42.1 Å². The molecule has 2 rings (SSSR count). The van der Waals surface area contributed by atoms with Crippen molar-refractivity contribution in [3.63, 3.8) is 0 Å². The fraction of sp³-hybridized carbons (Fsp3) is 0.357. The average molecular weight is 263 g/mol. The van der Waals surface area contributed by atoms with Gasteiger partial charge in [-0.3, -0.25) is 4.79 Å². The van der Waals surface area contributed by atoms with Crippen LogP contribution in [0.1, 0.15) is 19.4 Å². The smallest absolute Gasteiger partial charge is 0.308 e. The first-order valence-electron chi connectivity index (χ1n) is 6.07. The molecule has 1 aromatic heterocycles. The molecule has 3 nitrogen and oxygen atoms in total. The van der Waals surface area contributed by atoms with E-state index < -0.39 is 0 Å². The number of benzene rings is 1. The third kappa shape index (κ3) is 2.88. The van der Waals surface area contributed by atoms with Crippen LogP contribution in [0.3, 0.4) is 0 Å². The number of nitrogens with one attached hydrogen (secondary N) is 1. The maximum Gasteiger partial charge on any atom is 0.308 e. The Kier molecular flexibility index (Phi) is 4.31. The van der Waals surface area contributed by atoms with Crippen LogP contribution in [-0.2, 0) is 11.2 Å². The second-order valence-electron chi connectivity index (χ2n) is 4.03. The second kappa shape index (κ2) is 5.96. The summed E-state index contributed by atoms with van der Waals surface area (Å²) in [6.07, 6.45) is 2.99. The van der Waals surface area contributed by atoms with Gasteiger partial charge in [0.25, 0.3) is 0 Å². The van der Waals surface area contributed by atoms with Crippen molar-refractivity contribution < 1.29 is 9.53 Å². The molecule has 4 heteroatoms. The number of H-pyrrole nitrogens is 1. The Balaban J connectivity index is 2.32. The van der Waals surface area contributed by atoms with Gasteiger partial charge in [0.1, 0.15) is 5.75 Å². The van der Waals surface area contributed by atoms with E-state index >= 15 is 0 Å². The number of aromatic amines is 1. The number of aromatic nitrogens is 1. The van der Waals surface area contributed by atoms with Crippen LogP contribution >= 0.6 is 11.8 Å². The van der Waals surface area contributed by atoms with Crippen LogP contribution in [0, 0.1) is 0 Å². The molecule has 1 heterocycles. The lowest BCUT2D eigenvalue weighted by Crippen LogP contribution is -2.02. The van der Waals surface area contributed by atoms with Crippen molar-refractivity contribution in [1.29, 1.82) is 0 Å². The molecule has 18 heavy (non-hydrogen) atoms. The first kappa shape index (κ1) is 13.0. The van der Waals surface area contributed by atoms with Crippen LogP contribution < -0.4 is 4.74 Å². The van der Waals surface area contributed by atoms with Gasteiger partial charge in [0, 0.05) is 24.0 Å². The maximum atomic E-state index is 11.1. The Labute approximate surface area is 111 Å². The molecule has 0 aliphatic rings. The highest BCUT2D eigenvalue weighted by Gasteiger charge is 2.10. The van der Waals surface area contributed by atoms with E-state index in [4.69, 9.17) is 4.74 Å². The Bertz CT molecular complexity index is 548. The molecule has 2 aromatic rings. The number of rotatable bonds is 5. The second-order valence-corrected chi connectivity index (χ2v) is 5.43. The van der Waals surface area contributed by atoms with E-state index in [1.807, 2.05) is 36.2 Å². The van der Waals surface area contributed by atoms with Gasteiger partial charge in [-0.05, 0) is 35.6 Å². The number of esters is 1. The molecule has 0 radical (unpaired) electrons. The third-order valence-corrected chi connectivity index (χ3v) is 3.62. The highest BCUT2D eigenvalue weighted by atomic mass is 32.2. The zero-order valence-corrected chi connectivity index (χ0v) is 11.5. The Morgan fingerprint density at radius 1 is 1.44 bits per heavy atom. The lowest BCUT2D eigenvalue weighted by atomic mass is 10.1. The van der Waals surface area contributed by atoms with E-state index in [1.165, 1.54) is 12.5 Å². The fourth-order valence-electron chi connectivity index (χ4n) is 1.98. The lowest BCUT2D eigenvalue weighted by Gasteiger charge is -2.05. The van der Waals surface area contributed by atoms with Gasteiger partial charge in [0.05, 0.1) is 0 Å². The summed E-state index contributed by atoms with van der Waals surface area (Å²) < 4.78 is 5.27. The van der Waals surface area contributed by atoms with E-state index in [-0.39, 0.29) is 5.97 Å². The van der Waals surface area contributed by atoms with E-state index in [0.717, 1.165) is 28.8 Å². The summed E-state index contributed by atoms with van der Waals surface area (Å²) in [6, 6.07) is 5.73. The summed E-state index contributed by atoms with van der Waals surface area (Å²) in [5.74, 6) is 2.58. The number of ether oxygens (including phenoxy) is 1. The first-order chi connectivity index (χ1) is 8.72. The maximum absolute atomic E-state index is 11.1. The predicted molar refractivity (Wildman–Crippen MR) is 76.3 cm³/mol. The summed E-state index contributed by atoms with van der Waals surface area (Å²) in [4.78, 5) is 14.3. The van der Waals surface area contributed by atoms with Crippen LogP contribution in [0.4, 0.5) is 0 Å². The van der Waals surface area contributed by atoms with Gasteiger partial charge in [0.2, 0.25) is 0 Å². The molecule has 1 N–H and O–H groups in total. The van der Waals surface area contributed by atoms with E-state index in [1.54, 1.807) is 0 Å². The molecule has 0 aliphatic heterocycles. The van der Waals surface area contributed by atoms with E-state index in [2.05, 4.69) is 11.9 Å². The number of fused-ring (bicyclic) bond motifs is 1. The molecule has 0 fully saturated rings. The van der Waals surface area contributed by atoms with Gasteiger partial charge >= 0.3 is 5.97 Å².